The predicted octanol–water partition coefficient (Wildman–Crippen LogP) is 2.99. The number of rotatable bonds is 4. The van der Waals surface area contributed by atoms with Gasteiger partial charge in [0.15, 0.2) is 5.43 Å². The Morgan fingerprint density at radius 1 is 1.13 bits per heavy atom. The maximum absolute atomic E-state index is 12.5. The number of aryl methyl sites for hydroxylation is 1. The first-order valence-electron chi connectivity index (χ1n) is 7.43. The van der Waals surface area contributed by atoms with Crippen LogP contribution >= 0.6 is 0 Å². The Morgan fingerprint density at radius 3 is 2.57 bits per heavy atom. The van der Waals surface area contributed by atoms with E-state index in [1.807, 2.05) is 60.0 Å². The molecule has 0 bridgehead atoms. The van der Waals surface area contributed by atoms with Gasteiger partial charge in [-0.25, -0.2) is 0 Å². The van der Waals surface area contributed by atoms with Crippen LogP contribution in [0.2, 0.25) is 0 Å². The van der Waals surface area contributed by atoms with Gasteiger partial charge in [-0.2, -0.15) is 0 Å². The number of fused-ring (bicyclic) bond motifs is 1. The molecule has 0 saturated carbocycles. The molecule has 3 rings (SSSR count). The number of benzene rings is 2. The Hall–Kier alpha value is -2.88. The van der Waals surface area contributed by atoms with Crippen LogP contribution in [-0.4, -0.2) is 15.6 Å². The van der Waals surface area contributed by atoms with E-state index in [1.54, 1.807) is 6.20 Å². The van der Waals surface area contributed by atoms with Gasteiger partial charge < -0.3 is 9.67 Å². The van der Waals surface area contributed by atoms with E-state index >= 15 is 0 Å². The normalized spacial score (nSPS) is 10.8. The van der Waals surface area contributed by atoms with Crippen LogP contribution in [0.15, 0.2) is 59.5 Å². The predicted molar refractivity (Wildman–Crippen MR) is 89.8 cm³/mol. The maximum Gasteiger partial charge on any atom is 0.308 e. The second-order valence-electron chi connectivity index (χ2n) is 5.69. The molecule has 1 N–H and O–H groups in total. The van der Waals surface area contributed by atoms with Gasteiger partial charge in [-0.1, -0.05) is 42.0 Å². The minimum Gasteiger partial charge on any atom is -0.481 e. The molecule has 4 nitrogen and oxygen atoms in total. The zero-order valence-corrected chi connectivity index (χ0v) is 12.8. The van der Waals surface area contributed by atoms with Gasteiger partial charge in [-0.15, -0.1) is 0 Å². The van der Waals surface area contributed by atoms with Crippen LogP contribution in [0.5, 0.6) is 0 Å². The summed E-state index contributed by atoms with van der Waals surface area (Å²) in [7, 11) is 0. The SMILES string of the molecule is Cc1ccc2c(c1)c(=O)c(CC(=O)O)cn2Cc1ccccc1. The largest absolute Gasteiger partial charge is 0.481 e. The summed E-state index contributed by atoms with van der Waals surface area (Å²) in [6.45, 7) is 2.51. The monoisotopic (exact) mass is 307 g/mol. The van der Waals surface area contributed by atoms with E-state index in [-0.39, 0.29) is 11.8 Å². The van der Waals surface area contributed by atoms with E-state index in [4.69, 9.17) is 5.11 Å². The number of aromatic nitrogens is 1. The molecule has 0 fully saturated rings. The third-order valence-corrected chi connectivity index (χ3v) is 3.85. The molecule has 0 aliphatic carbocycles. The Bertz CT molecular complexity index is 926. The first-order chi connectivity index (χ1) is 11.0. The van der Waals surface area contributed by atoms with Crippen molar-refractivity contribution in [1.82, 2.24) is 4.57 Å². The average molecular weight is 307 g/mol. The first-order valence-corrected chi connectivity index (χ1v) is 7.43. The lowest BCUT2D eigenvalue weighted by Crippen LogP contribution is -2.18. The van der Waals surface area contributed by atoms with Crippen molar-refractivity contribution in [2.75, 3.05) is 0 Å². The third-order valence-electron chi connectivity index (χ3n) is 3.85. The number of nitrogens with zero attached hydrogens (tertiary/aromatic N) is 1. The number of carbonyl (C=O) groups is 1. The van der Waals surface area contributed by atoms with E-state index in [2.05, 4.69) is 0 Å². The van der Waals surface area contributed by atoms with Crippen molar-refractivity contribution in [3.63, 3.8) is 0 Å². The minimum absolute atomic E-state index is 0.199. The van der Waals surface area contributed by atoms with Crippen LogP contribution in [0.25, 0.3) is 10.9 Å². The molecule has 2 aromatic carbocycles. The van der Waals surface area contributed by atoms with Crippen molar-refractivity contribution < 1.29 is 9.90 Å². The highest BCUT2D eigenvalue weighted by molar-refractivity contribution is 5.81. The van der Waals surface area contributed by atoms with Crippen LogP contribution < -0.4 is 5.43 Å². The Balaban J connectivity index is 2.20. The smallest absolute Gasteiger partial charge is 0.308 e. The standard InChI is InChI=1S/C19H17NO3/c1-13-7-8-17-16(9-13)19(23)15(10-18(21)22)12-20(17)11-14-5-3-2-4-6-14/h2-9,12H,10-11H2,1H3,(H,21,22). The van der Waals surface area contributed by atoms with Crippen molar-refractivity contribution in [2.24, 2.45) is 0 Å². The lowest BCUT2D eigenvalue weighted by Gasteiger charge is -2.13. The quantitative estimate of drug-likeness (QED) is 0.806. The van der Waals surface area contributed by atoms with Crippen LogP contribution in [0.3, 0.4) is 0 Å². The number of aliphatic carboxylic acids is 1. The average Bonchev–Trinajstić information content (AvgIpc) is 2.52. The van der Waals surface area contributed by atoms with Gasteiger partial charge in [-0.3, -0.25) is 9.59 Å². The van der Waals surface area contributed by atoms with E-state index in [0.29, 0.717) is 17.5 Å². The lowest BCUT2D eigenvalue weighted by atomic mass is 10.1. The van der Waals surface area contributed by atoms with E-state index < -0.39 is 5.97 Å². The molecule has 0 amide bonds. The molecule has 0 saturated heterocycles. The second kappa shape index (κ2) is 6.08. The van der Waals surface area contributed by atoms with E-state index in [1.165, 1.54) is 0 Å². The van der Waals surface area contributed by atoms with Gasteiger partial charge >= 0.3 is 5.97 Å². The van der Waals surface area contributed by atoms with E-state index in [9.17, 15) is 9.59 Å². The van der Waals surface area contributed by atoms with Gasteiger partial charge in [-0.05, 0) is 24.6 Å². The van der Waals surface area contributed by atoms with Crippen molar-refractivity contribution in [2.45, 2.75) is 19.9 Å². The lowest BCUT2D eigenvalue weighted by molar-refractivity contribution is -0.136. The zero-order chi connectivity index (χ0) is 16.4. The summed E-state index contributed by atoms with van der Waals surface area (Å²) >= 11 is 0. The molecule has 0 spiro atoms. The summed E-state index contributed by atoms with van der Waals surface area (Å²) in [6, 6.07) is 15.6. The topological polar surface area (TPSA) is 59.3 Å². The Kier molecular flexibility index (Phi) is 3.98. The molecule has 0 aliphatic rings. The van der Waals surface area contributed by atoms with Gasteiger partial charge in [0.25, 0.3) is 0 Å². The summed E-state index contributed by atoms with van der Waals surface area (Å²) in [5, 5.41) is 9.62. The zero-order valence-electron chi connectivity index (χ0n) is 12.8. The van der Waals surface area contributed by atoms with Crippen LogP contribution in [0.1, 0.15) is 16.7 Å². The minimum atomic E-state index is -1.000. The molecular formula is C19H17NO3. The molecule has 116 valence electrons. The fourth-order valence-electron chi connectivity index (χ4n) is 2.77. The number of hydrogen-bond donors (Lipinski definition) is 1. The van der Waals surface area contributed by atoms with Crippen LogP contribution in [-0.2, 0) is 17.8 Å². The summed E-state index contributed by atoms with van der Waals surface area (Å²) in [6.07, 6.45) is 1.40. The molecule has 1 heterocycles. The molecule has 0 radical (unpaired) electrons. The Labute approximate surface area is 133 Å². The van der Waals surface area contributed by atoms with Gasteiger partial charge in [0.05, 0.1) is 11.9 Å². The first kappa shape index (κ1) is 15.0. The van der Waals surface area contributed by atoms with Gasteiger partial charge in [0, 0.05) is 23.7 Å². The van der Waals surface area contributed by atoms with Crippen molar-refractivity contribution >= 4 is 16.9 Å². The van der Waals surface area contributed by atoms with Crippen molar-refractivity contribution in [3.05, 3.63) is 81.6 Å². The van der Waals surface area contributed by atoms with Crippen LogP contribution in [0.4, 0.5) is 0 Å². The summed E-state index contributed by atoms with van der Waals surface area (Å²) < 4.78 is 1.95. The fourth-order valence-corrected chi connectivity index (χ4v) is 2.77. The summed E-state index contributed by atoms with van der Waals surface area (Å²) in [4.78, 5) is 23.6. The fraction of sp³-hybridized carbons (Fsp3) is 0.158. The molecule has 1 aromatic heterocycles. The highest BCUT2D eigenvalue weighted by Crippen LogP contribution is 2.16. The summed E-state index contributed by atoms with van der Waals surface area (Å²) in [5.74, 6) is -1.000. The molecule has 0 atom stereocenters. The molecule has 3 aromatic rings. The summed E-state index contributed by atoms with van der Waals surface area (Å²) in [5.41, 5.74) is 3.01. The maximum atomic E-state index is 12.5. The number of pyridine rings is 1. The van der Waals surface area contributed by atoms with Gasteiger partial charge in [0.1, 0.15) is 0 Å². The molecule has 4 heteroatoms. The number of hydrogen-bond acceptors (Lipinski definition) is 2. The second-order valence-corrected chi connectivity index (χ2v) is 5.69. The van der Waals surface area contributed by atoms with Crippen molar-refractivity contribution in [1.29, 1.82) is 0 Å². The highest BCUT2D eigenvalue weighted by Gasteiger charge is 2.12. The third kappa shape index (κ3) is 3.16. The number of carboxylic acid groups (broad SMARTS) is 1. The molecule has 0 unspecified atom stereocenters. The Morgan fingerprint density at radius 2 is 1.87 bits per heavy atom. The number of carboxylic acids is 1. The molecular weight excluding hydrogens is 290 g/mol. The molecule has 0 aliphatic heterocycles. The van der Waals surface area contributed by atoms with E-state index in [0.717, 1.165) is 16.6 Å². The van der Waals surface area contributed by atoms with Crippen LogP contribution in [0, 0.1) is 6.92 Å². The molecule has 23 heavy (non-hydrogen) atoms. The van der Waals surface area contributed by atoms with Gasteiger partial charge in [0.2, 0.25) is 0 Å². The highest BCUT2D eigenvalue weighted by atomic mass is 16.4. The van der Waals surface area contributed by atoms with Crippen molar-refractivity contribution in [3.8, 4) is 0 Å².